The number of aromatic nitrogens is 2. The normalized spacial score (nSPS) is 17.1. The molecule has 3 N–H and O–H groups in total. The highest BCUT2D eigenvalue weighted by Crippen LogP contribution is 2.39. The number of nitrogens with zero attached hydrogens (tertiary/aromatic N) is 3. The van der Waals surface area contributed by atoms with E-state index in [1.807, 2.05) is 58.1 Å². The van der Waals surface area contributed by atoms with E-state index in [4.69, 9.17) is 12.2 Å². The molecule has 3 heterocycles. The van der Waals surface area contributed by atoms with Gasteiger partial charge in [0, 0.05) is 42.4 Å². The molecule has 1 aliphatic heterocycles. The number of nitrogens with one attached hydrogen (secondary N) is 2. The fourth-order valence-corrected chi connectivity index (χ4v) is 4.76. The van der Waals surface area contributed by atoms with E-state index in [0.29, 0.717) is 17.3 Å². The lowest BCUT2D eigenvalue weighted by Gasteiger charge is -2.28. The largest absolute Gasteiger partial charge is 0.508 e. The average molecular weight is 502 g/mol. The molecular formula is C27H24FN5O2S. The van der Waals surface area contributed by atoms with Gasteiger partial charge in [-0.1, -0.05) is 6.07 Å². The van der Waals surface area contributed by atoms with Crippen LogP contribution in [-0.4, -0.2) is 37.1 Å². The maximum Gasteiger partial charge on any atom is 0.226 e. The molecule has 0 bridgehead atoms. The first-order valence-corrected chi connectivity index (χ1v) is 11.9. The second-order valence-corrected chi connectivity index (χ2v) is 8.83. The lowest BCUT2D eigenvalue weighted by atomic mass is 10.0. The molecule has 9 heteroatoms. The summed E-state index contributed by atoms with van der Waals surface area (Å²) in [7, 11) is 0. The van der Waals surface area contributed by atoms with E-state index in [1.165, 1.54) is 24.3 Å². The van der Waals surface area contributed by atoms with Gasteiger partial charge in [0.25, 0.3) is 0 Å². The fourth-order valence-electron chi connectivity index (χ4n) is 4.43. The highest BCUT2D eigenvalue weighted by molar-refractivity contribution is 7.80. The Morgan fingerprint density at radius 1 is 1.06 bits per heavy atom. The molecule has 2 aromatic heterocycles. The summed E-state index contributed by atoms with van der Waals surface area (Å²) in [6.07, 6.45) is 3.89. The summed E-state index contributed by atoms with van der Waals surface area (Å²) in [6.45, 7) is 0.369. The summed E-state index contributed by atoms with van der Waals surface area (Å²) in [5, 5.41) is 16.5. The molecule has 4 aromatic rings. The summed E-state index contributed by atoms with van der Waals surface area (Å²) in [5.74, 6) is -0.365. The van der Waals surface area contributed by atoms with Crippen molar-refractivity contribution < 1.29 is 14.3 Å². The molecule has 5 rings (SSSR count). The molecule has 36 heavy (non-hydrogen) atoms. The van der Waals surface area contributed by atoms with Gasteiger partial charge in [0.15, 0.2) is 5.11 Å². The minimum Gasteiger partial charge on any atom is -0.508 e. The molecule has 1 fully saturated rings. The topological polar surface area (TPSA) is 82.4 Å². The first kappa shape index (κ1) is 23.5. The van der Waals surface area contributed by atoms with E-state index in [0.717, 1.165) is 17.1 Å². The number of carbonyl (C=O) groups is 1. The highest BCUT2D eigenvalue weighted by atomic mass is 32.1. The van der Waals surface area contributed by atoms with Gasteiger partial charge in [0.1, 0.15) is 11.6 Å². The minimum absolute atomic E-state index is 0.185. The van der Waals surface area contributed by atoms with Crippen LogP contribution in [0.2, 0.25) is 0 Å². The van der Waals surface area contributed by atoms with Gasteiger partial charge >= 0.3 is 0 Å². The predicted molar refractivity (Wildman–Crippen MR) is 139 cm³/mol. The van der Waals surface area contributed by atoms with E-state index in [-0.39, 0.29) is 36.0 Å². The molecule has 0 aliphatic carbocycles. The molecule has 1 amide bonds. The fraction of sp³-hybridized carbons (Fsp3) is 0.148. The van der Waals surface area contributed by atoms with Crippen LogP contribution < -0.4 is 10.6 Å². The van der Waals surface area contributed by atoms with Crippen LogP contribution in [0.15, 0.2) is 91.3 Å². The molecule has 182 valence electrons. The van der Waals surface area contributed by atoms with Gasteiger partial charge in [-0.3, -0.25) is 9.78 Å². The van der Waals surface area contributed by atoms with Crippen molar-refractivity contribution in [3.05, 3.63) is 108 Å². The zero-order valence-electron chi connectivity index (χ0n) is 19.2. The molecule has 0 spiro atoms. The van der Waals surface area contributed by atoms with Gasteiger partial charge in [0.2, 0.25) is 5.91 Å². The first-order valence-electron chi connectivity index (χ1n) is 11.5. The number of amides is 1. The number of aromatic hydroxyl groups is 1. The zero-order valence-corrected chi connectivity index (χ0v) is 20.0. The van der Waals surface area contributed by atoms with Crippen LogP contribution in [0.4, 0.5) is 10.1 Å². The van der Waals surface area contributed by atoms with E-state index >= 15 is 0 Å². The van der Waals surface area contributed by atoms with Crippen LogP contribution in [0, 0.1) is 5.82 Å². The molecule has 7 nitrogen and oxygen atoms in total. The molecule has 2 aromatic carbocycles. The Kier molecular flexibility index (Phi) is 6.64. The third-order valence-corrected chi connectivity index (χ3v) is 6.47. The summed E-state index contributed by atoms with van der Waals surface area (Å²) in [6, 6.07) is 21.9. The predicted octanol–water partition coefficient (Wildman–Crippen LogP) is 4.72. The van der Waals surface area contributed by atoms with Crippen LogP contribution in [0.3, 0.4) is 0 Å². The monoisotopic (exact) mass is 501 g/mol. The molecule has 1 aliphatic rings. The van der Waals surface area contributed by atoms with Crippen molar-refractivity contribution in [1.29, 1.82) is 0 Å². The first-order chi connectivity index (χ1) is 17.5. The number of anilines is 1. The van der Waals surface area contributed by atoms with Crippen molar-refractivity contribution >= 4 is 28.9 Å². The minimum atomic E-state index is -0.360. The third kappa shape index (κ3) is 4.92. The number of benzene rings is 2. The number of halogens is 1. The van der Waals surface area contributed by atoms with Crippen molar-refractivity contribution in [1.82, 2.24) is 19.8 Å². The van der Waals surface area contributed by atoms with Gasteiger partial charge in [-0.05, 0) is 85.0 Å². The third-order valence-electron chi connectivity index (χ3n) is 6.12. The summed E-state index contributed by atoms with van der Waals surface area (Å²) < 4.78 is 15.2. The maximum atomic E-state index is 13.2. The van der Waals surface area contributed by atoms with Crippen molar-refractivity contribution in [3.63, 3.8) is 0 Å². The summed E-state index contributed by atoms with van der Waals surface area (Å²) in [4.78, 5) is 19.3. The Hall–Kier alpha value is -4.24. The number of thiocarbonyl (C=S) groups is 1. The van der Waals surface area contributed by atoms with Gasteiger partial charge < -0.3 is 25.2 Å². The second kappa shape index (κ2) is 10.2. The molecular weight excluding hydrogens is 477 g/mol. The second-order valence-electron chi connectivity index (χ2n) is 8.44. The quantitative estimate of drug-likeness (QED) is 0.318. The Balaban J connectivity index is 1.43. The van der Waals surface area contributed by atoms with Gasteiger partial charge in [-0.25, -0.2) is 4.39 Å². The number of rotatable bonds is 7. The number of phenolic OH excluding ortho intramolecular Hbond substituents is 1. The molecule has 0 unspecified atom stereocenters. The molecule has 0 saturated carbocycles. The van der Waals surface area contributed by atoms with Crippen LogP contribution >= 0.6 is 12.2 Å². The zero-order chi connectivity index (χ0) is 25.1. The Morgan fingerprint density at radius 3 is 2.56 bits per heavy atom. The van der Waals surface area contributed by atoms with Gasteiger partial charge in [-0.2, -0.15) is 0 Å². The number of pyridine rings is 1. The van der Waals surface area contributed by atoms with E-state index in [9.17, 15) is 14.3 Å². The van der Waals surface area contributed by atoms with Gasteiger partial charge in [-0.15, -0.1) is 0 Å². The molecule has 1 saturated heterocycles. The standard InChI is InChI=1S/C27H24FN5O2S/c28-18-6-8-19(9-7-18)30-24(35)14-17-33-26(25(31-27(33)36)22-4-1-2-15-29-22)23-5-3-16-32(23)20-10-12-21(34)13-11-20/h1-13,15-16,25-26,34H,14,17H2,(H,30,35)(H,31,36)/t25-,26-/m1/s1. The lowest BCUT2D eigenvalue weighted by Crippen LogP contribution is -2.33. The average Bonchev–Trinajstić information content (AvgIpc) is 3.49. The number of hydrogen-bond acceptors (Lipinski definition) is 4. The molecule has 0 radical (unpaired) electrons. The van der Waals surface area contributed by atoms with Crippen molar-refractivity contribution in [2.24, 2.45) is 0 Å². The van der Waals surface area contributed by atoms with E-state index in [2.05, 4.69) is 15.6 Å². The smallest absolute Gasteiger partial charge is 0.226 e. The SMILES string of the molecule is O=C(CCN1C(=S)N[C@H](c2ccccn2)[C@H]1c1cccn1-c1ccc(O)cc1)Nc1ccc(F)cc1. The summed E-state index contributed by atoms with van der Waals surface area (Å²) in [5.41, 5.74) is 3.22. The summed E-state index contributed by atoms with van der Waals surface area (Å²) >= 11 is 5.71. The van der Waals surface area contributed by atoms with Crippen LogP contribution in [0.5, 0.6) is 5.75 Å². The Bertz CT molecular complexity index is 1360. The van der Waals surface area contributed by atoms with E-state index in [1.54, 1.807) is 18.3 Å². The van der Waals surface area contributed by atoms with Gasteiger partial charge in [0.05, 0.1) is 17.8 Å². The van der Waals surface area contributed by atoms with Crippen molar-refractivity contribution in [3.8, 4) is 11.4 Å². The maximum absolute atomic E-state index is 13.2. The highest BCUT2D eigenvalue weighted by Gasteiger charge is 2.41. The van der Waals surface area contributed by atoms with Crippen LogP contribution in [-0.2, 0) is 4.79 Å². The van der Waals surface area contributed by atoms with Crippen molar-refractivity contribution in [2.45, 2.75) is 18.5 Å². The van der Waals surface area contributed by atoms with Crippen molar-refractivity contribution in [2.75, 3.05) is 11.9 Å². The number of hydrogen-bond donors (Lipinski definition) is 3. The lowest BCUT2D eigenvalue weighted by molar-refractivity contribution is -0.116. The number of phenols is 1. The van der Waals surface area contributed by atoms with Crippen LogP contribution in [0.1, 0.15) is 29.9 Å². The Labute approximate surface area is 213 Å². The molecule has 2 atom stereocenters. The Morgan fingerprint density at radius 2 is 1.83 bits per heavy atom. The van der Waals surface area contributed by atoms with E-state index < -0.39 is 0 Å². The van der Waals surface area contributed by atoms with Crippen LogP contribution in [0.25, 0.3) is 5.69 Å². The number of carbonyl (C=O) groups excluding carboxylic acids is 1.